The highest BCUT2D eigenvalue weighted by Crippen LogP contribution is 2.38. The zero-order chi connectivity index (χ0) is 14.0. The van der Waals surface area contributed by atoms with Crippen molar-refractivity contribution in [2.75, 3.05) is 7.11 Å². The average Bonchev–Trinajstić information content (AvgIpc) is 2.40. The van der Waals surface area contributed by atoms with E-state index in [2.05, 4.69) is 0 Å². The van der Waals surface area contributed by atoms with Crippen LogP contribution in [0.15, 0.2) is 36.4 Å². The fraction of sp³-hybridized carbons (Fsp3) is 0.200. The van der Waals surface area contributed by atoms with E-state index in [-0.39, 0.29) is 5.82 Å². The van der Waals surface area contributed by atoms with Crippen LogP contribution in [0.1, 0.15) is 22.1 Å². The molecule has 0 fully saturated rings. The van der Waals surface area contributed by atoms with Gasteiger partial charge in [0.2, 0.25) is 0 Å². The molecule has 4 heteroatoms. The number of ether oxygens (including phenoxy) is 1. The molecule has 0 aliphatic heterocycles. The van der Waals surface area contributed by atoms with Crippen LogP contribution in [0, 0.1) is 12.7 Å². The molecule has 1 atom stereocenters. The topological polar surface area (TPSA) is 9.23 Å². The van der Waals surface area contributed by atoms with Gasteiger partial charge in [0.15, 0.2) is 0 Å². The first-order valence-electron chi connectivity index (χ1n) is 5.76. The third-order valence-corrected chi connectivity index (χ3v) is 3.68. The molecule has 0 bridgehead atoms. The second-order valence-corrected chi connectivity index (χ2v) is 5.12. The summed E-state index contributed by atoms with van der Waals surface area (Å²) < 4.78 is 18.6. The Kier molecular flexibility index (Phi) is 4.33. The molecular weight excluding hydrogens is 286 g/mol. The summed E-state index contributed by atoms with van der Waals surface area (Å²) in [7, 11) is 1.56. The number of hydrogen-bond donors (Lipinski definition) is 0. The maximum Gasteiger partial charge on any atom is 0.123 e. The molecule has 0 heterocycles. The van der Waals surface area contributed by atoms with Crippen LogP contribution < -0.4 is 4.74 Å². The van der Waals surface area contributed by atoms with Gasteiger partial charge < -0.3 is 4.74 Å². The molecule has 0 aliphatic carbocycles. The van der Waals surface area contributed by atoms with E-state index in [1.807, 2.05) is 6.92 Å². The largest absolute Gasteiger partial charge is 0.496 e. The van der Waals surface area contributed by atoms with Crippen LogP contribution in [-0.4, -0.2) is 7.11 Å². The maximum absolute atomic E-state index is 13.4. The lowest BCUT2D eigenvalue weighted by Crippen LogP contribution is -2.00. The Morgan fingerprint density at radius 3 is 2.53 bits per heavy atom. The van der Waals surface area contributed by atoms with Crippen molar-refractivity contribution in [1.82, 2.24) is 0 Å². The van der Waals surface area contributed by atoms with Crippen LogP contribution in [0.3, 0.4) is 0 Å². The van der Waals surface area contributed by atoms with E-state index < -0.39 is 5.38 Å². The highest BCUT2D eigenvalue weighted by atomic mass is 35.5. The minimum atomic E-state index is -0.510. The number of alkyl halides is 1. The number of hydrogen-bond acceptors (Lipinski definition) is 1. The van der Waals surface area contributed by atoms with Crippen molar-refractivity contribution >= 4 is 23.2 Å². The highest BCUT2D eigenvalue weighted by molar-refractivity contribution is 6.31. The molecule has 0 radical (unpaired) electrons. The molecule has 1 nitrogen and oxygen atoms in total. The van der Waals surface area contributed by atoms with Gasteiger partial charge in [-0.1, -0.05) is 17.7 Å². The Morgan fingerprint density at radius 1 is 1.11 bits per heavy atom. The molecule has 0 amide bonds. The molecule has 19 heavy (non-hydrogen) atoms. The summed E-state index contributed by atoms with van der Waals surface area (Å²) in [5, 5.41) is 0.0554. The van der Waals surface area contributed by atoms with Crippen molar-refractivity contribution in [3.8, 4) is 5.75 Å². The van der Waals surface area contributed by atoms with E-state index in [1.165, 1.54) is 12.1 Å². The molecule has 2 aromatic carbocycles. The molecule has 1 unspecified atom stereocenters. The van der Waals surface area contributed by atoms with Crippen molar-refractivity contribution in [2.45, 2.75) is 12.3 Å². The molecular formula is C15H13Cl2FO. The van der Waals surface area contributed by atoms with Gasteiger partial charge in [-0.25, -0.2) is 4.39 Å². The number of halogens is 3. The van der Waals surface area contributed by atoms with Gasteiger partial charge in [-0.05, 0) is 48.4 Å². The van der Waals surface area contributed by atoms with Crippen LogP contribution in [-0.2, 0) is 0 Å². The van der Waals surface area contributed by atoms with Gasteiger partial charge in [0.1, 0.15) is 11.6 Å². The van der Waals surface area contributed by atoms with Gasteiger partial charge in [0.25, 0.3) is 0 Å². The monoisotopic (exact) mass is 298 g/mol. The summed E-state index contributed by atoms with van der Waals surface area (Å²) in [5.41, 5.74) is 2.36. The predicted octanol–water partition coefficient (Wildman–Crippen LogP) is 5.12. The summed E-state index contributed by atoms with van der Waals surface area (Å²) >= 11 is 12.4. The molecule has 0 spiro atoms. The van der Waals surface area contributed by atoms with E-state index >= 15 is 0 Å². The number of aryl methyl sites for hydroxylation is 1. The minimum absolute atomic E-state index is 0.313. The van der Waals surface area contributed by atoms with E-state index in [4.69, 9.17) is 27.9 Å². The van der Waals surface area contributed by atoms with Gasteiger partial charge in [0, 0.05) is 10.6 Å². The lowest BCUT2D eigenvalue weighted by atomic mass is 9.99. The second kappa shape index (κ2) is 5.81. The fourth-order valence-electron chi connectivity index (χ4n) is 1.96. The van der Waals surface area contributed by atoms with E-state index in [0.717, 1.165) is 11.1 Å². The van der Waals surface area contributed by atoms with E-state index in [9.17, 15) is 4.39 Å². The first-order chi connectivity index (χ1) is 9.02. The summed E-state index contributed by atoms with van der Waals surface area (Å²) in [6, 6.07) is 9.78. The molecule has 100 valence electrons. The SMILES string of the molecule is COc1ccc(Cl)cc1C(Cl)c1cc(F)ccc1C. The molecule has 0 aromatic heterocycles. The Morgan fingerprint density at radius 2 is 1.84 bits per heavy atom. The van der Waals surface area contributed by atoms with Gasteiger partial charge in [-0.15, -0.1) is 11.6 Å². The molecule has 0 saturated heterocycles. The lowest BCUT2D eigenvalue weighted by molar-refractivity contribution is 0.410. The number of methoxy groups -OCH3 is 1. The third-order valence-electron chi connectivity index (χ3n) is 2.98. The predicted molar refractivity (Wildman–Crippen MR) is 76.8 cm³/mol. The Balaban J connectivity index is 2.51. The normalized spacial score (nSPS) is 12.3. The first-order valence-corrected chi connectivity index (χ1v) is 6.58. The number of benzene rings is 2. The lowest BCUT2D eigenvalue weighted by Gasteiger charge is -2.16. The van der Waals surface area contributed by atoms with Crippen LogP contribution >= 0.6 is 23.2 Å². The quantitative estimate of drug-likeness (QED) is 0.714. The minimum Gasteiger partial charge on any atom is -0.496 e. The first kappa shape index (κ1) is 14.2. The van der Waals surface area contributed by atoms with Crippen molar-refractivity contribution in [3.63, 3.8) is 0 Å². The van der Waals surface area contributed by atoms with Crippen LogP contribution in [0.5, 0.6) is 5.75 Å². The van der Waals surface area contributed by atoms with Gasteiger partial charge >= 0.3 is 0 Å². The van der Waals surface area contributed by atoms with Crippen molar-refractivity contribution in [1.29, 1.82) is 0 Å². The Bertz CT molecular complexity index is 599. The Hall–Kier alpha value is -1.25. The van der Waals surface area contributed by atoms with Gasteiger partial charge in [0.05, 0.1) is 12.5 Å². The van der Waals surface area contributed by atoms with Crippen LogP contribution in [0.25, 0.3) is 0 Å². The standard InChI is InChI=1S/C15H13Cl2FO/c1-9-3-5-11(18)8-12(9)15(17)13-7-10(16)4-6-14(13)19-2/h3-8,15H,1-2H3. The van der Waals surface area contributed by atoms with Crippen LogP contribution in [0.4, 0.5) is 4.39 Å². The molecule has 2 rings (SSSR count). The molecule has 2 aromatic rings. The van der Waals surface area contributed by atoms with Gasteiger partial charge in [-0.3, -0.25) is 0 Å². The third kappa shape index (κ3) is 3.02. The maximum atomic E-state index is 13.4. The molecule has 0 N–H and O–H groups in total. The second-order valence-electron chi connectivity index (χ2n) is 4.25. The van der Waals surface area contributed by atoms with E-state index in [1.54, 1.807) is 31.4 Å². The summed E-state index contributed by atoms with van der Waals surface area (Å²) in [5.74, 6) is 0.320. The average molecular weight is 299 g/mol. The summed E-state index contributed by atoms with van der Waals surface area (Å²) in [4.78, 5) is 0. The highest BCUT2D eigenvalue weighted by Gasteiger charge is 2.18. The fourth-order valence-corrected chi connectivity index (χ4v) is 2.54. The molecule has 0 saturated carbocycles. The van der Waals surface area contributed by atoms with Crippen LogP contribution in [0.2, 0.25) is 5.02 Å². The number of rotatable bonds is 3. The van der Waals surface area contributed by atoms with Gasteiger partial charge in [-0.2, -0.15) is 0 Å². The summed E-state index contributed by atoms with van der Waals surface area (Å²) in [6.07, 6.45) is 0. The molecule has 0 aliphatic rings. The van der Waals surface area contributed by atoms with Crippen molar-refractivity contribution in [2.24, 2.45) is 0 Å². The van der Waals surface area contributed by atoms with E-state index in [0.29, 0.717) is 16.3 Å². The summed E-state index contributed by atoms with van der Waals surface area (Å²) in [6.45, 7) is 1.89. The Labute approximate surface area is 121 Å². The zero-order valence-electron chi connectivity index (χ0n) is 10.6. The smallest absolute Gasteiger partial charge is 0.123 e. The zero-order valence-corrected chi connectivity index (χ0v) is 12.1. The van der Waals surface area contributed by atoms with Crippen molar-refractivity contribution in [3.05, 3.63) is 63.9 Å². The van der Waals surface area contributed by atoms with Crippen molar-refractivity contribution < 1.29 is 9.13 Å².